The van der Waals surface area contributed by atoms with E-state index in [0.717, 1.165) is 95.8 Å². The number of phosphoric acid groups is 2. The van der Waals surface area contributed by atoms with Gasteiger partial charge in [0.2, 0.25) is 0 Å². The molecule has 0 aromatic heterocycles. The molecule has 0 bridgehead atoms. The second-order valence-corrected chi connectivity index (χ2v) is 35.0. The van der Waals surface area contributed by atoms with Crippen LogP contribution in [0.25, 0.3) is 0 Å². The second-order valence-electron chi connectivity index (χ2n) is 32.1. The van der Waals surface area contributed by atoms with Gasteiger partial charge in [0.1, 0.15) is 19.3 Å². The molecule has 0 rings (SSSR count). The summed E-state index contributed by atoms with van der Waals surface area (Å²) in [6.45, 7) is 7.41. The Morgan fingerprint density at radius 1 is 0.252 bits per heavy atom. The summed E-state index contributed by atoms with van der Waals surface area (Å²) < 4.78 is 68.9. The maximum absolute atomic E-state index is 13.2. The van der Waals surface area contributed by atoms with E-state index in [1.165, 1.54) is 302 Å². The Bertz CT molecular complexity index is 2030. The van der Waals surface area contributed by atoms with E-state index < -0.39 is 97.5 Å². The molecule has 0 aliphatic rings. The number of ether oxygens (including phenoxy) is 4. The van der Waals surface area contributed by atoms with Crippen molar-refractivity contribution in [3.8, 4) is 0 Å². The number of carbonyl (C=O) groups excluding carboxylic acids is 4. The van der Waals surface area contributed by atoms with Gasteiger partial charge in [-0.1, -0.05) is 426 Å². The van der Waals surface area contributed by atoms with Gasteiger partial charge in [-0.2, -0.15) is 0 Å². The summed E-state index contributed by atoms with van der Waals surface area (Å²) in [7, 11) is -9.93. The van der Waals surface area contributed by atoms with Crippen molar-refractivity contribution in [3.05, 3.63) is 0 Å². The van der Waals surface area contributed by atoms with Crippen LogP contribution in [-0.4, -0.2) is 96.7 Å². The van der Waals surface area contributed by atoms with Crippen molar-refractivity contribution in [1.29, 1.82) is 0 Å². The maximum atomic E-state index is 13.2. The molecule has 0 aliphatic carbocycles. The first kappa shape index (κ1) is 105. The van der Waals surface area contributed by atoms with Gasteiger partial charge in [0.15, 0.2) is 12.2 Å². The van der Waals surface area contributed by atoms with Crippen LogP contribution in [0, 0.1) is 5.92 Å². The van der Waals surface area contributed by atoms with Crippen LogP contribution in [0.1, 0.15) is 478 Å². The zero-order valence-electron chi connectivity index (χ0n) is 70.3. The van der Waals surface area contributed by atoms with E-state index in [-0.39, 0.29) is 25.7 Å². The molecular formula is C88H172O17P2. The maximum Gasteiger partial charge on any atom is 0.472 e. The summed E-state index contributed by atoms with van der Waals surface area (Å²) in [6, 6.07) is 0. The number of carbonyl (C=O) groups is 4. The number of hydrogen-bond donors (Lipinski definition) is 3. The van der Waals surface area contributed by atoms with E-state index in [0.29, 0.717) is 25.7 Å². The third kappa shape index (κ3) is 81.9. The van der Waals surface area contributed by atoms with E-state index in [2.05, 4.69) is 34.6 Å². The van der Waals surface area contributed by atoms with Crippen molar-refractivity contribution in [2.45, 2.75) is 496 Å². The molecule has 0 saturated heterocycles. The minimum atomic E-state index is -4.97. The van der Waals surface area contributed by atoms with Crippen molar-refractivity contribution in [2.75, 3.05) is 39.6 Å². The molecule has 636 valence electrons. The van der Waals surface area contributed by atoms with E-state index in [1.807, 2.05) is 0 Å². The Morgan fingerprint density at radius 3 is 0.636 bits per heavy atom. The molecule has 17 nitrogen and oxygen atoms in total. The molecule has 3 N–H and O–H groups in total. The summed E-state index contributed by atoms with van der Waals surface area (Å²) in [6.07, 6.45) is 75.1. The molecule has 0 amide bonds. The molecule has 5 atom stereocenters. The molecule has 107 heavy (non-hydrogen) atoms. The van der Waals surface area contributed by atoms with Gasteiger partial charge in [0.05, 0.1) is 26.4 Å². The van der Waals surface area contributed by atoms with Crippen LogP contribution in [0.2, 0.25) is 0 Å². The first-order chi connectivity index (χ1) is 52.0. The smallest absolute Gasteiger partial charge is 0.462 e. The predicted octanol–water partition coefficient (Wildman–Crippen LogP) is 27.2. The number of aliphatic hydroxyl groups excluding tert-OH is 1. The van der Waals surface area contributed by atoms with Gasteiger partial charge < -0.3 is 33.8 Å². The number of phosphoric ester groups is 2. The number of aliphatic hydroxyl groups is 1. The van der Waals surface area contributed by atoms with Crippen LogP contribution in [0.15, 0.2) is 0 Å². The number of unbranched alkanes of at least 4 members (excludes halogenated alkanes) is 60. The predicted molar refractivity (Wildman–Crippen MR) is 442 cm³/mol. The summed E-state index contributed by atoms with van der Waals surface area (Å²) in [5.41, 5.74) is 0. The fourth-order valence-electron chi connectivity index (χ4n) is 13.8. The van der Waals surface area contributed by atoms with Crippen molar-refractivity contribution in [3.63, 3.8) is 0 Å². The minimum Gasteiger partial charge on any atom is -0.462 e. The van der Waals surface area contributed by atoms with Gasteiger partial charge in [-0.15, -0.1) is 0 Å². The van der Waals surface area contributed by atoms with Crippen molar-refractivity contribution in [2.24, 2.45) is 5.92 Å². The Hall–Kier alpha value is -1.94. The van der Waals surface area contributed by atoms with Gasteiger partial charge in [0.25, 0.3) is 0 Å². The molecule has 19 heteroatoms. The van der Waals surface area contributed by atoms with Crippen LogP contribution < -0.4 is 0 Å². The molecule has 0 saturated carbocycles. The van der Waals surface area contributed by atoms with Crippen LogP contribution in [0.4, 0.5) is 0 Å². The molecule has 2 unspecified atom stereocenters. The van der Waals surface area contributed by atoms with Crippen LogP contribution >= 0.6 is 15.6 Å². The second kappa shape index (κ2) is 80.7. The monoisotopic (exact) mass is 1560 g/mol. The Labute approximate surface area is 658 Å². The third-order valence-corrected chi connectivity index (χ3v) is 22.7. The van der Waals surface area contributed by atoms with Gasteiger partial charge in [-0.25, -0.2) is 9.13 Å². The van der Waals surface area contributed by atoms with Crippen molar-refractivity contribution < 1.29 is 80.2 Å². The highest BCUT2D eigenvalue weighted by molar-refractivity contribution is 7.47. The van der Waals surface area contributed by atoms with Crippen molar-refractivity contribution in [1.82, 2.24) is 0 Å². The summed E-state index contributed by atoms with van der Waals surface area (Å²) in [5.74, 6) is -1.27. The number of esters is 4. The molecule has 0 radical (unpaired) electrons. The molecular weight excluding hydrogens is 1390 g/mol. The zero-order valence-corrected chi connectivity index (χ0v) is 72.1. The van der Waals surface area contributed by atoms with Gasteiger partial charge in [-0.3, -0.25) is 37.3 Å². The molecule has 0 aliphatic heterocycles. The van der Waals surface area contributed by atoms with E-state index in [9.17, 15) is 43.2 Å². The van der Waals surface area contributed by atoms with Crippen LogP contribution in [0.5, 0.6) is 0 Å². The lowest BCUT2D eigenvalue weighted by atomic mass is 10.0. The lowest BCUT2D eigenvalue weighted by molar-refractivity contribution is -0.161. The largest absolute Gasteiger partial charge is 0.472 e. The van der Waals surface area contributed by atoms with Gasteiger partial charge >= 0.3 is 39.5 Å². The molecule has 0 aromatic rings. The fraction of sp³-hybridized carbons (Fsp3) is 0.955. The standard InChI is InChI=1S/C88H172O17P2/c1-6-9-12-15-18-21-24-27-28-29-30-31-32-33-38-41-44-49-54-59-64-69-74-88(93)105-84(78-99-86(91)72-67-62-57-52-48-43-40-37-35-34-36-39-42-45-50-55-60-65-70-81(4)5)80-103-107(96,97)101-76-82(89)75-100-106(94,95)102-79-83(104-87(92)73-68-63-58-53-47-26-23-20-17-14-11-8-3)77-98-85(90)71-66-61-56-51-46-25-22-19-16-13-10-7-2/h81-84,89H,6-80H2,1-5H3,(H,94,95)(H,96,97)/t82-,83+,84+/m0/s1. The Kier molecular flexibility index (Phi) is 79.2. The fourth-order valence-corrected chi connectivity index (χ4v) is 15.4. The molecule has 0 spiro atoms. The average molecular weight is 1560 g/mol. The van der Waals surface area contributed by atoms with Gasteiger partial charge in [0, 0.05) is 25.7 Å². The molecule has 0 fully saturated rings. The van der Waals surface area contributed by atoms with Crippen LogP contribution in [0.3, 0.4) is 0 Å². The molecule has 0 heterocycles. The van der Waals surface area contributed by atoms with Gasteiger partial charge in [-0.05, 0) is 31.6 Å². The van der Waals surface area contributed by atoms with E-state index in [1.54, 1.807) is 0 Å². The Balaban J connectivity index is 5.20. The normalized spacial score (nSPS) is 13.7. The minimum absolute atomic E-state index is 0.108. The quantitative estimate of drug-likeness (QED) is 0.0222. The highest BCUT2D eigenvalue weighted by Gasteiger charge is 2.30. The summed E-state index contributed by atoms with van der Waals surface area (Å²) in [5, 5.41) is 10.7. The number of rotatable bonds is 88. The van der Waals surface area contributed by atoms with Crippen LogP contribution in [-0.2, 0) is 65.4 Å². The topological polar surface area (TPSA) is 237 Å². The first-order valence-electron chi connectivity index (χ1n) is 45.6. The average Bonchev–Trinajstić information content (AvgIpc) is 0.902. The van der Waals surface area contributed by atoms with E-state index >= 15 is 0 Å². The lowest BCUT2D eigenvalue weighted by Gasteiger charge is -2.21. The number of hydrogen-bond acceptors (Lipinski definition) is 15. The SMILES string of the molecule is CCCCCCCCCCCCCCCCCCCCCCCCC(=O)O[C@H](COC(=O)CCCCCCCCCCCCCCCCCCCCC(C)C)COP(=O)(O)OC[C@@H](O)COP(=O)(O)OC[C@@H](COC(=O)CCCCCCCCCCCCCC)OC(=O)CCCCCCCCCCCCCC. The zero-order chi connectivity index (χ0) is 78.3. The summed E-state index contributed by atoms with van der Waals surface area (Å²) in [4.78, 5) is 73.2. The highest BCUT2D eigenvalue weighted by atomic mass is 31.2. The van der Waals surface area contributed by atoms with Crippen molar-refractivity contribution >= 4 is 39.5 Å². The lowest BCUT2D eigenvalue weighted by Crippen LogP contribution is -2.30. The highest BCUT2D eigenvalue weighted by Crippen LogP contribution is 2.45. The Morgan fingerprint density at radius 2 is 0.430 bits per heavy atom. The van der Waals surface area contributed by atoms with E-state index in [4.69, 9.17) is 37.0 Å². The summed E-state index contributed by atoms with van der Waals surface area (Å²) >= 11 is 0. The molecule has 0 aromatic carbocycles. The first-order valence-corrected chi connectivity index (χ1v) is 48.6. The third-order valence-electron chi connectivity index (χ3n) is 20.8.